The molecule has 1 amide bonds. The topological polar surface area (TPSA) is 183 Å². The highest BCUT2D eigenvalue weighted by molar-refractivity contribution is 5.92. The first-order valence-electron chi connectivity index (χ1n) is 21.0. The van der Waals surface area contributed by atoms with Crippen LogP contribution in [0.4, 0.5) is 8.78 Å². The number of H-pyrrole nitrogens is 2. The van der Waals surface area contributed by atoms with Crippen LogP contribution in [0.2, 0.25) is 0 Å². The van der Waals surface area contributed by atoms with Gasteiger partial charge in [-0.1, -0.05) is 47.6 Å². The number of likely N-dealkylation sites (tertiary alicyclic amines) is 2. The van der Waals surface area contributed by atoms with Crippen LogP contribution in [0, 0.1) is 23.6 Å². The normalized spacial score (nSPS) is 22.8. The minimum absolute atomic E-state index is 0.0174. The third kappa shape index (κ3) is 7.62. The summed E-state index contributed by atoms with van der Waals surface area (Å²) in [6, 6.07) is 9.40. The first-order valence-corrected chi connectivity index (χ1v) is 21.0. The van der Waals surface area contributed by atoms with Gasteiger partial charge in [-0.25, -0.2) is 18.7 Å². The number of aromatic nitrogens is 5. The molecule has 16 heteroatoms. The van der Waals surface area contributed by atoms with Gasteiger partial charge in [0.1, 0.15) is 35.6 Å². The van der Waals surface area contributed by atoms with Crippen molar-refractivity contribution in [2.45, 2.75) is 110 Å². The van der Waals surface area contributed by atoms with Crippen molar-refractivity contribution in [3.8, 4) is 39.5 Å². The zero-order chi connectivity index (χ0) is 42.7. The van der Waals surface area contributed by atoms with Gasteiger partial charge in [-0.05, 0) is 55.0 Å². The highest BCUT2D eigenvalue weighted by Gasteiger charge is 2.41. The molecule has 8 atom stereocenters. The fraction of sp³-hybridized carbons (Fsp3) is 0.523. The Morgan fingerprint density at radius 2 is 1.70 bits per heavy atom. The number of carbonyl (C=O) groups excluding carboxylic acids is 1. The monoisotopic (exact) mass is 829 g/mol. The molecule has 3 aliphatic rings. The molecule has 0 aliphatic carbocycles. The van der Waals surface area contributed by atoms with Crippen molar-refractivity contribution < 1.29 is 33.3 Å². The van der Waals surface area contributed by atoms with E-state index in [1.807, 2.05) is 50.9 Å². The first kappa shape index (κ1) is 42.0. The second-order valence-corrected chi connectivity index (χ2v) is 17.6. The number of carbonyl (C=O) groups is 1. The zero-order valence-corrected chi connectivity index (χ0v) is 35.2. The number of benzene rings is 2. The van der Waals surface area contributed by atoms with E-state index in [-0.39, 0.29) is 54.5 Å². The standard InChI is InChI=1S/C44H57F2N9O5/c1-21(2)37(47)41(56)54-20-26(45)15-35(54)40-49-19-31(51-40)27-17-36-28(16-29(27)46)34-14-25-13-24(10-11-32(25)55(34)43(60-36)23(5)6)30-18-48-39(50-30)33-9-8-12-53(33)42(57)38(22(3)4)52-44(58)59-7/h10-11,13-14,16-19,21-23,26,33,35,37-38,42-44,52,57-58H,8-9,12,15,20,47H2,1-7H3,(H,48,50)(H,49,51). The van der Waals surface area contributed by atoms with Crippen molar-refractivity contribution in [2.75, 3.05) is 20.2 Å². The largest absolute Gasteiger partial charge is 0.469 e. The van der Waals surface area contributed by atoms with Crippen LogP contribution in [0.15, 0.2) is 48.8 Å². The smallest absolute Gasteiger partial charge is 0.240 e. The van der Waals surface area contributed by atoms with Gasteiger partial charge in [0.25, 0.3) is 0 Å². The van der Waals surface area contributed by atoms with Crippen LogP contribution in [-0.2, 0) is 9.53 Å². The Bertz CT molecular complexity index is 2340. The van der Waals surface area contributed by atoms with Crippen molar-refractivity contribution in [1.82, 2.24) is 39.6 Å². The maximum atomic E-state index is 16.3. The van der Waals surface area contributed by atoms with Gasteiger partial charge < -0.3 is 44.9 Å². The number of imidazole rings is 2. The molecule has 6 heterocycles. The van der Waals surface area contributed by atoms with Crippen molar-refractivity contribution in [3.05, 3.63) is 66.3 Å². The van der Waals surface area contributed by atoms with E-state index in [1.54, 1.807) is 6.07 Å². The molecule has 2 fully saturated rings. The molecule has 3 aliphatic heterocycles. The summed E-state index contributed by atoms with van der Waals surface area (Å²) in [5, 5.41) is 25.5. The number of ether oxygens (including phenoxy) is 2. The summed E-state index contributed by atoms with van der Waals surface area (Å²) in [5.41, 5.74) is 10.9. The van der Waals surface area contributed by atoms with Crippen LogP contribution < -0.4 is 15.8 Å². The predicted molar refractivity (Wildman–Crippen MR) is 223 cm³/mol. The Labute approximate surface area is 348 Å². The van der Waals surface area contributed by atoms with E-state index in [4.69, 9.17) is 20.2 Å². The van der Waals surface area contributed by atoms with E-state index in [0.29, 0.717) is 29.4 Å². The number of aromatic amines is 2. The number of methoxy groups -OCH3 is 1. The van der Waals surface area contributed by atoms with E-state index in [9.17, 15) is 19.4 Å². The second-order valence-electron chi connectivity index (χ2n) is 17.6. The van der Waals surface area contributed by atoms with Gasteiger partial charge in [-0.15, -0.1) is 0 Å². The molecule has 2 saturated heterocycles. The first-order chi connectivity index (χ1) is 28.6. The number of amides is 1. The lowest BCUT2D eigenvalue weighted by molar-refractivity contribution is -0.134. The number of hydrogen-bond acceptors (Lipinski definition) is 10. The van der Waals surface area contributed by atoms with Crippen LogP contribution in [0.1, 0.15) is 90.8 Å². The lowest BCUT2D eigenvalue weighted by Gasteiger charge is -2.37. The summed E-state index contributed by atoms with van der Waals surface area (Å²) in [6.45, 7) is 12.4. The number of halogens is 2. The molecule has 2 aromatic carbocycles. The molecule has 0 saturated carbocycles. The molecule has 3 aromatic heterocycles. The van der Waals surface area contributed by atoms with Crippen molar-refractivity contribution in [2.24, 2.45) is 23.5 Å². The highest BCUT2D eigenvalue weighted by Crippen LogP contribution is 2.47. The number of hydrogen-bond donors (Lipinski definition) is 6. The minimum Gasteiger partial charge on any atom is -0.469 e. The van der Waals surface area contributed by atoms with Gasteiger partial charge in [0, 0.05) is 48.1 Å². The van der Waals surface area contributed by atoms with Gasteiger partial charge in [0.15, 0.2) is 6.23 Å². The molecule has 0 spiro atoms. The van der Waals surface area contributed by atoms with Gasteiger partial charge in [-0.2, -0.15) is 0 Å². The Balaban J connectivity index is 1.07. The Kier molecular flexibility index (Phi) is 11.6. The molecule has 7 N–H and O–H groups in total. The maximum absolute atomic E-state index is 16.3. The number of aliphatic hydroxyl groups excluding tert-OH is 2. The van der Waals surface area contributed by atoms with E-state index < -0.39 is 42.8 Å². The summed E-state index contributed by atoms with van der Waals surface area (Å²) < 4.78 is 44.8. The molecular weight excluding hydrogens is 773 g/mol. The molecule has 0 bridgehead atoms. The Morgan fingerprint density at radius 1 is 0.983 bits per heavy atom. The van der Waals surface area contributed by atoms with Gasteiger partial charge in [0.2, 0.25) is 12.3 Å². The van der Waals surface area contributed by atoms with E-state index in [1.165, 1.54) is 24.3 Å². The molecule has 8 rings (SSSR count). The number of nitrogens with two attached hydrogens (primary N) is 1. The summed E-state index contributed by atoms with van der Waals surface area (Å²) in [4.78, 5) is 32.6. The second kappa shape index (κ2) is 16.6. The minimum atomic E-state index is -1.22. The molecule has 0 radical (unpaired) electrons. The molecule has 14 nitrogen and oxygen atoms in total. The number of alkyl halides is 1. The number of fused-ring (bicyclic) bond motifs is 5. The number of rotatable bonds is 13. The number of aliphatic hydroxyl groups is 2. The van der Waals surface area contributed by atoms with Crippen LogP contribution in [0.5, 0.6) is 5.75 Å². The van der Waals surface area contributed by atoms with Crippen molar-refractivity contribution in [3.63, 3.8) is 0 Å². The van der Waals surface area contributed by atoms with Gasteiger partial charge >= 0.3 is 0 Å². The van der Waals surface area contributed by atoms with Crippen LogP contribution >= 0.6 is 0 Å². The third-order valence-electron chi connectivity index (χ3n) is 12.4. The summed E-state index contributed by atoms with van der Waals surface area (Å²) in [7, 11) is 1.40. The van der Waals surface area contributed by atoms with Crippen LogP contribution in [0.25, 0.3) is 44.7 Å². The lowest BCUT2D eigenvalue weighted by Crippen LogP contribution is -2.55. The molecular formula is C44H57F2N9O5. The average molecular weight is 830 g/mol. The fourth-order valence-electron chi connectivity index (χ4n) is 9.08. The van der Waals surface area contributed by atoms with Crippen LogP contribution in [0.3, 0.4) is 0 Å². The fourth-order valence-corrected chi connectivity index (χ4v) is 9.08. The summed E-state index contributed by atoms with van der Waals surface area (Å²) in [6.07, 6.45) is 1.42. The van der Waals surface area contributed by atoms with Crippen LogP contribution in [-0.4, -0.2) is 102 Å². The highest BCUT2D eigenvalue weighted by atomic mass is 19.1. The summed E-state index contributed by atoms with van der Waals surface area (Å²) >= 11 is 0. The van der Waals surface area contributed by atoms with E-state index in [0.717, 1.165) is 46.5 Å². The number of nitrogens with zero attached hydrogens (tertiary/aromatic N) is 5. The quantitative estimate of drug-likeness (QED) is 0.0731. The number of nitrogens with one attached hydrogen (secondary N) is 3. The van der Waals surface area contributed by atoms with E-state index >= 15 is 4.39 Å². The van der Waals surface area contributed by atoms with Gasteiger partial charge in [0.05, 0.1) is 65.7 Å². The maximum Gasteiger partial charge on any atom is 0.240 e. The third-order valence-corrected chi connectivity index (χ3v) is 12.4. The Hall–Kier alpha value is -4.71. The molecule has 5 aromatic rings. The Morgan fingerprint density at radius 3 is 2.40 bits per heavy atom. The van der Waals surface area contributed by atoms with Crippen molar-refractivity contribution in [1.29, 1.82) is 0 Å². The summed E-state index contributed by atoms with van der Waals surface area (Å²) in [5.74, 6) is 0.786. The SMILES string of the molecule is COC(O)NC(C(C)C)C(O)N1CCCC1c1ncc(-c2ccc3c(c2)cc2n3C(C(C)C)Oc3cc(-c4cnc(C5CC(F)CN5C(=O)C(N)C(C)C)[nH]4)c(F)cc3-2)[nH]1. The van der Waals surface area contributed by atoms with E-state index in [2.05, 4.69) is 50.8 Å². The lowest BCUT2D eigenvalue weighted by atomic mass is 10.0. The zero-order valence-electron chi connectivity index (χ0n) is 35.2. The van der Waals surface area contributed by atoms with Gasteiger partial charge in [-0.3, -0.25) is 15.0 Å². The molecule has 60 heavy (non-hydrogen) atoms. The van der Waals surface area contributed by atoms with Crippen molar-refractivity contribution >= 4 is 16.8 Å². The predicted octanol–water partition coefficient (Wildman–Crippen LogP) is 6.36. The molecule has 8 unspecified atom stereocenters. The average Bonchev–Trinajstić information content (AvgIpc) is 4.07. The molecule has 322 valence electrons.